The molecular weight excluding hydrogens is 289 g/mol. The number of nitrogens with zero attached hydrogens (tertiary/aromatic N) is 2. The summed E-state index contributed by atoms with van der Waals surface area (Å²) in [6, 6.07) is 0.198. The van der Waals surface area contributed by atoms with Gasteiger partial charge in [0, 0.05) is 6.20 Å². The number of alkyl halides is 3. The summed E-state index contributed by atoms with van der Waals surface area (Å²) >= 11 is 0. The van der Waals surface area contributed by atoms with Crippen LogP contribution < -0.4 is 5.32 Å². The van der Waals surface area contributed by atoms with Gasteiger partial charge < -0.3 is 14.8 Å². The first-order chi connectivity index (χ1) is 9.79. The summed E-state index contributed by atoms with van der Waals surface area (Å²) in [6.45, 7) is 3.64. The molecule has 2 N–H and O–H groups in total. The summed E-state index contributed by atoms with van der Waals surface area (Å²) in [5.74, 6) is -0.442. The molecule has 2 heterocycles. The molecule has 21 heavy (non-hydrogen) atoms. The number of aromatic nitrogens is 3. The highest BCUT2D eigenvalue weighted by molar-refractivity contribution is 5.94. The molecule has 6 nitrogen and oxygen atoms in total. The van der Waals surface area contributed by atoms with Gasteiger partial charge in [-0.2, -0.15) is 18.2 Å². The van der Waals surface area contributed by atoms with Crippen molar-refractivity contribution in [2.75, 3.05) is 0 Å². The fourth-order valence-corrected chi connectivity index (χ4v) is 1.76. The molecule has 0 fully saturated rings. The highest BCUT2D eigenvalue weighted by atomic mass is 19.4. The van der Waals surface area contributed by atoms with Crippen molar-refractivity contribution in [1.82, 2.24) is 20.4 Å². The van der Waals surface area contributed by atoms with Crippen LogP contribution in [0.5, 0.6) is 0 Å². The van der Waals surface area contributed by atoms with Crippen molar-refractivity contribution in [3.8, 4) is 0 Å². The topological polar surface area (TPSA) is 83.8 Å². The number of halogens is 3. The zero-order valence-electron chi connectivity index (χ0n) is 11.2. The molecule has 9 heteroatoms. The molecule has 0 radical (unpaired) electrons. The molecule has 1 unspecified atom stereocenters. The van der Waals surface area contributed by atoms with Crippen LogP contribution in [0.1, 0.15) is 41.8 Å². The lowest BCUT2D eigenvalue weighted by molar-refractivity contribution is -0.140. The van der Waals surface area contributed by atoms with Crippen molar-refractivity contribution in [1.29, 1.82) is 0 Å². The van der Waals surface area contributed by atoms with Crippen LogP contribution in [0.15, 0.2) is 23.2 Å². The van der Waals surface area contributed by atoms with Crippen molar-refractivity contribution in [2.45, 2.75) is 26.1 Å². The van der Waals surface area contributed by atoms with Gasteiger partial charge in [-0.05, 0) is 12.0 Å². The first-order valence-corrected chi connectivity index (χ1v) is 6.11. The van der Waals surface area contributed by atoms with Gasteiger partial charge in [-0.1, -0.05) is 19.0 Å². The van der Waals surface area contributed by atoms with Gasteiger partial charge in [0.2, 0.25) is 6.39 Å². The molecule has 0 saturated heterocycles. The second-order valence-corrected chi connectivity index (χ2v) is 4.78. The summed E-state index contributed by atoms with van der Waals surface area (Å²) in [4.78, 5) is 17.9. The van der Waals surface area contributed by atoms with Gasteiger partial charge in [-0.3, -0.25) is 4.79 Å². The number of hydrogen-bond donors (Lipinski definition) is 2. The van der Waals surface area contributed by atoms with Crippen molar-refractivity contribution in [2.24, 2.45) is 5.92 Å². The maximum absolute atomic E-state index is 12.5. The quantitative estimate of drug-likeness (QED) is 0.909. The molecule has 0 spiro atoms. The molecule has 2 rings (SSSR count). The SMILES string of the molecule is CC(C)C(NC(=O)c1c[nH]c(C(F)(F)F)c1)c1ncon1. The zero-order valence-corrected chi connectivity index (χ0v) is 11.2. The summed E-state index contributed by atoms with van der Waals surface area (Å²) in [5, 5.41) is 6.23. The van der Waals surface area contributed by atoms with E-state index >= 15 is 0 Å². The van der Waals surface area contributed by atoms with E-state index < -0.39 is 23.8 Å². The molecule has 0 aliphatic carbocycles. The van der Waals surface area contributed by atoms with E-state index in [1.807, 2.05) is 18.8 Å². The van der Waals surface area contributed by atoms with Crippen LogP contribution in [0.2, 0.25) is 0 Å². The summed E-state index contributed by atoms with van der Waals surface area (Å²) < 4.78 is 42.1. The Hall–Kier alpha value is -2.32. The van der Waals surface area contributed by atoms with E-state index in [4.69, 9.17) is 0 Å². The van der Waals surface area contributed by atoms with Crippen molar-refractivity contribution in [3.05, 3.63) is 35.7 Å². The van der Waals surface area contributed by atoms with Crippen LogP contribution in [0.3, 0.4) is 0 Å². The van der Waals surface area contributed by atoms with Crippen LogP contribution in [0.4, 0.5) is 13.2 Å². The van der Waals surface area contributed by atoms with E-state index in [2.05, 4.69) is 20.0 Å². The number of amides is 1. The smallest absolute Gasteiger partial charge is 0.357 e. The van der Waals surface area contributed by atoms with E-state index in [0.717, 1.165) is 18.7 Å². The van der Waals surface area contributed by atoms with E-state index in [0.29, 0.717) is 0 Å². The van der Waals surface area contributed by atoms with E-state index in [1.54, 1.807) is 0 Å². The standard InChI is InChI=1S/C12H13F3N4O2/c1-6(2)9(10-17-5-21-19-10)18-11(20)7-3-8(16-4-7)12(13,14)15/h3-6,9,16H,1-2H3,(H,18,20). The zero-order chi connectivity index (χ0) is 15.6. The van der Waals surface area contributed by atoms with E-state index in [-0.39, 0.29) is 17.3 Å². The Morgan fingerprint density at radius 3 is 2.62 bits per heavy atom. The number of nitrogens with one attached hydrogen (secondary N) is 2. The molecule has 1 atom stereocenters. The average molecular weight is 302 g/mol. The second kappa shape index (κ2) is 5.58. The molecule has 1 amide bonds. The van der Waals surface area contributed by atoms with E-state index in [1.165, 1.54) is 0 Å². The Morgan fingerprint density at radius 1 is 1.43 bits per heavy atom. The predicted octanol–water partition coefficient (Wildman–Crippen LogP) is 2.54. The van der Waals surface area contributed by atoms with Crippen LogP contribution in [-0.2, 0) is 6.18 Å². The maximum Gasteiger partial charge on any atom is 0.431 e. The third-order valence-electron chi connectivity index (χ3n) is 2.86. The minimum atomic E-state index is -4.52. The average Bonchev–Trinajstić information content (AvgIpc) is 3.05. The number of carbonyl (C=O) groups is 1. The number of carbonyl (C=O) groups excluding carboxylic acids is 1. The lowest BCUT2D eigenvalue weighted by Crippen LogP contribution is -2.32. The fourth-order valence-electron chi connectivity index (χ4n) is 1.76. The van der Waals surface area contributed by atoms with Gasteiger partial charge in [-0.15, -0.1) is 0 Å². The lowest BCUT2D eigenvalue weighted by atomic mass is 10.0. The maximum atomic E-state index is 12.5. The van der Waals surface area contributed by atoms with Crippen LogP contribution in [0, 0.1) is 5.92 Å². The Balaban J connectivity index is 2.15. The Morgan fingerprint density at radius 2 is 2.14 bits per heavy atom. The van der Waals surface area contributed by atoms with E-state index in [9.17, 15) is 18.0 Å². The third-order valence-corrected chi connectivity index (χ3v) is 2.86. The normalized spacial score (nSPS) is 13.4. The highest BCUT2D eigenvalue weighted by Gasteiger charge is 2.33. The largest absolute Gasteiger partial charge is 0.431 e. The number of hydrogen-bond acceptors (Lipinski definition) is 4. The lowest BCUT2D eigenvalue weighted by Gasteiger charge is -2.18. The molecular formula is C12H13F3N4O2. The van der Waals surface area contributed by atoms with Crippen LogP contribution >= 0.6 is 0 Å². The predicted molar refractivity (Wildman–Crippen MR) is 65.1 cm³/mol. The van der Waals surface area contributed by atoms with Crippen LogP contribution in [-0.4, -0.2) is 21.0 Å². The van der Waals surface area contributed by atoms with Gasteiger partial charge in [0.25, 0.3) is 5.91 Å². The molecule has 114 valence electrons. The van der Waals surface area contributed by atoms with Crippen molar-refractivity contribution < 1.29 is 22.5 Å². The molecule has 0 bridgehead atoms. The van der Waals surface area contributed by atoms with Gasteiger partial charge in [0.15, 0.2) is 5.82 Å². The summed E-state index contributed by atoms with van der Waals surface area (Å²) in [5.41, 5.74) is -1.09. The van der Waals surface area contributed by atoms with Crippen LogP contribution in [0.25, 0.3) is 0 Å². The molecule has 2 aromatic rings. The Kier molecular flexibility index (Phi) is 4.01. The highest BCUT2D eigenvalue weighted by Crippen LogP contribution is 2.28. The first kappa shape index (κ1) is 15.1. The Labute approximate surface area is 117 Å². The van der Waals surface area contributed by atoms with Gasteiger partial charge >= 0.3 is 6.18 Å². The molecule has 0 aromatic carbocycles. The van der Waals surface area contributed by atoms with Crippen molar-refractivity contribution >= 4 is 5.91 Å². The van der Waals surface area contributed by atoms with Gasteiger partial charge in [-0.25, -0.2) is 0 Å². The second-order valence-electron chi connectivity index (χ2n) is 4.78. The third kappa shape index (κ3) is 3.41. The molecule has 2 aromatic heterocycles. The van der Waals surface area contributed by atoms with Crippen molar-refractivity contribution in [3.63, 3.8) is 0 Å². The van der Waals surface area contributed by atoms with Gasteiger partial charge in [0.1, 0.15) is 5.69 Å². The summed E-state index contributed by atoms with van der Waals surface area (Å²) in [7, 11) is 0. The minimum Gasteiger partial charge on any atom is -0.357 e. The fraction of sp³-hybridized carbons (Fsp3) is 0.417. The molecule has 0 saturated carbocycles. The first-order valence-electron chi connectivity index (χ1n) is 6.11. The Bertz CT molecular complexity index is 604. The monoisotopic (exact) mass is 302 g/mol. The molecule has 0 aliphatic heterocycles. The number of H-pyrrole nitrogens is 1. The molecule has 0 aliphatic rings. The van der Waals surface area contributed by atoms with Gasteiger partial charge in [0.05, 0.1) is 11.6 Å². The number of aromatic amines is 1. The number of rotatable bonds is 4. The minimum absolute atomic E-state index is 0.0624. The summed E-state index contributed by atoms with van der Waals surface area (Å²) in [6.07, 6.45) is -2.40.